The van der Waals surface area contributed by atoms with Crippen molar-refractivity contribution in [2.24, 2.45) is 5.92 Å². The van der Waals surface area contributed by atoms with Gasteiger partial charge >= 0.3 is 0 Å². The van der Waals surface area contributed by atoms with Crippen LogP contribution in [-0.4, -0.2) is 24.5 Å². The Labute approximate surface area is 118 Å². The predicted octanol–water partition coefficient (Wildman–Crippen LogP) is 3.54. The fraction of sp³-hybridized carbons (Fsp3) is 0.600. The van der Waals surface area contributed by atoms with E-state index in [1.807, 2.05) is 0 Å². The maximum Gasteiger partial charge on any atom is 0.0861 e. The van der Waals surface area contributed by atoms with Crippen LogP contribution in [-0.2, 0) is 0 Å². The molecule has 0 spiro atoms. The van der Waals surface area contributed by atoms with Gasteiger partial charge in [0.2, 0.25) is 0 Å². The summed E-state index contributed by atoms with van der Waals surface area (Å²) in [4.78, 5) is 2.47. The van der Waals surface area contributed by atoms with Gasteiger partial charge in [-0.2, -0.15) is 0 Å². The Morgan fingerprint density at radius 2 is 2.11 bits per heavy atom. The molecule has 18 heavy (non-hydrogen) atoms. The predicted molar refractivity (Wildman–Crippen MR) is 78.4 cm³/mol. The molecule has 0 aromatic heterocycles. The van der Waals surface area contributed by atoms with E-state index < -0.39 is 0 Å². The molecule has 0 bridgehead atoms. The van der Waals surface area contributed by atoms with E-state index in [4.69, 9.17) is 0 Å². The monoisotopic (exact) mass is 308 g/mol. The average Bonchev–Trinajstić information content (AvgIpc) is 2.38. The average molecular weight is 309 g/mol. The van der Waals surface area contributed by atoms with Crippen molar-refractivity contribution in [2.75, 3.05) is 13.6 Å². The molecule has 1 saturated heterocycles. The Bertz CT molecular complexity index is 421. The van der Waals surface area contributed by atoms with Crippen LogP contribution in [0.15, 0.2) is 28.7 Å². The van der Waals surface area contributed by atoms with Gasteiger partial charge in [-0.1, -0.05) is 40.9 Å². The van der Waals surface area contributed by atoms with Crippen molar-refractivity contribution < 1.29 is 0 Å². The Morgan fingerprint density at radius 1 is 1.28 bits per heavy atom. The molecule has 3 atom stereocenters. The number of fused-ring (bicyclic) bond motifs is 1. The Kier molecular flexibility index (Phi) is 3.73. The van der Waals surface area contributed by atoms with Gasteiger partial charge in [-0.15, -0.1) is 0 Å². The number of rotatable bonds is 1. The standard InChI is InChI=1S/C15H21BrN2/c1-18-10-12-5-2-3-8-14(12)17-15(18)11-6-4-7-13(16)9-11/h4,6-7,9,12,14-15,17H,2-3,5,8,10H2,1H3/t12-,14-,15-/m1/s1. The van der Waals surface area contributed by atoms with Gasteiger partial charge in [0.25, 0.3) is 0 Å². The molecule has 1 aromatic carbocycles. The van der Waals surface area contributed by atoms with Gasteiger partial charge in [-0.3, -0.25) is 10.2 Å². The summed E-state index contributed by atoms with van der Waals surface area (Å²) in [6.07, 6.45) is 5.93. The maximum atomic E-state index is 3.85. The van der Waals surface area contributed by atoms with E-state index in [1.165, 1.54) is 42.3 Å². The Morgan fingerprint density at radius 3 is 2.94 bits per heavy atom. The quantitative estimate of drug-likeness (QED) is 0.853. The lowest BCUT2D eigenvalue weighted by atomic mass is 9.82. The summed E-state index contributed by atoms with van der Waals surface area (Å²) >= 11 is 3.57. The highest BCUT2D eigenvalue weighted by atomic mass is 79.9. The summed E-state index contributed by atoms with van der Waals surface area (Å²) in [5.41, 5.74) is 1.37. The number of nitrogens with zero attached hydrogens (tertiary/aromatic N) is 1. The van der Waals surface area contributed by atoms with Gasteiger partial charge in [0.05, 0.1) is 6.17 Å². The molecule has 2 nitrogen and oxygen atoms in total. The zero-order chi connectivity index (χ0) is 12.5. The topological polar surface area (TPSA) is 15.3 Å². The van der Waals surface area contributed by atoms with Gasteiger partial charge in [0, 0.05) is 17.1 Å². The zero-order valence-corrected chi connectivity index (χ0v) is 12.5. The summed E-state index contributed by atoms with van der Waals surface area (Å²) in [6.45, 7) is 1.23. The first-order chi connectivity index (χ1) is 8.74. The number of hydrogen-bond donors (Lipinski definition) is 1. The van der Waals surface area contributed by atoms with E-state index in [9.17, 15) is 0 Å². The molecule has 1 saturated carbocycles. The summed E-state index contributed by atoms with van der Waals surface area (Å²) in [5, 5.41) is 3.85. The SMILES string of the molecule is CN1C[C@H]2CCCC[C@H]2N[C@H]1c1cccc(Br)c1. The molecule has 2 aliphatic rings. The fourth-order valence-electron chi connectivity index (χ4n) is 3.48. The molecule has 1 N–H and O–H groups in total. The van der Waals surface area contributed by atoms with Gasteiger partial charge < -0.3 is 0 Å². The van der Waals surface area contributed by atoms with Gasteiger partial charge in [-0.05, 0) is 43.5 Å². The minimum Gasteiger partial charge on any atom is -0.295 e. The molecule has 1 aliphatic heterocycles. The summed E-state index contributed by atoms with van der Waals surface area (Å²) in [7, 11) is 2.24. The molecule has 1 aromatic rings. The smallest absolute Gasteiger partial charge is 0.0861 e. The molecule has 98 valence electrons. The fourth-order valence-corrected chi connectivity index (χ4v) is 3.90. The van der Waals surface area contributed by atoms with Crippen molar-refractivity contribution in [2.45, 2.75) is 37.9 Å². The molecular formula is C15H21BrN2. The molecule has 0 unspecified atom stereocenters. The second kappa shape index (κ2) is 5.32. The first-order valence-corrected chi connectivity index (χ1v) is 7.75. The molecule has 0 radical (unpaired) electrons. The van der Waals surface area contributed by atoms with Crippen LogP contribution in [0.25, 0.3) is 0 Å². The highest BCUT2D eigenvalue weighted by molar-refractivity contribution is 9.10. The molecule has 0 amide bonds. The van der Waals surface area contributed by atoms with Gasteiger partial charge in [0.1, 0.15) is 0 Å². The van der Waals surface area contributed by atoms with E-state index in [1.54, 1.807) is 0 Å². The van der Waals surface area contributed by atoms with Crippen molar-refractivity contribution in [1.29, 1.82) is 0 Å². The van der Waals surface area contributed by atoms with Crippen LogP contribution in [0.5, 0.6) is 0 Å². The first kappa shape index (κ1) is 12.6. The molecule has 2 fully saturated rings. The van der Waals surface area contributed by atoms with Gasteiger partial charge in [-0.25, -0.2) is 0 Å². The van der Waals surface area contributed by atoms with Crippen LogP contribution in [0.3, 0.4) is 0 Å². The molecule has 3 rings (SSSR count). The van der Waals surface area contributed by atoms with Crippen molar-refractivity contribution in [1.82, 2.24) is 10.2 Å². The van der Waals surface area contributed by atoms with Crippen LogP contribution in [0, 0.1) is 5.92 Å². The summed E-state index contributed by atoms with van der Waals surface area (Å²) < 4.78 is 1.17. The molecule has 1 heterocycles. The molecule has 1 aliphatic carbocycles. The Balaban J connectivity index is 1.80. The third-order valence-corrected chi connectivity index (χ3v) is 4.90. The van der Waals surface area contributed by atoms with Crippen LogP contribution >= 0.6 is 15.9 Å². The second-order valence-electron chi connectivity index (χ2n) is 5.71. The number of nitrogens with one attached hydrogen (secondary N) is 1. The maximum absolute atomic E-state index is 3.85. The highest BCUT2D eigenvalue weighted by Crippen LogP contribution is 2.33. The third-order valence-electron chi connectivity index (χ3n) is 4.41. The minimum absolute atomic E-state index is 0.377. The highest BCUT2D eigenvalue weighted by Gasteiger charge is 2.34. The van der Waals surface area contributed by atoms with E-state index in [0.717, 1.165) is 12.0 Å². The lowest BCUT2D eigenvalue weighted by molar-refractivity contribution is 0.0608. The second-order valence-corrected chi connectivity index (χ2v) is 6.63. The lowest BCUT2D eigenvalue weighted by Crippen LogP contribution is -2.54. The normalized spacial score (nSPS) is 33.1. The number of halogens is 1. The molecular weight excluding hydrogens is 288 g/mol. The number of hydrogen-bond acceptors (Lipinski definition) is 2. The third kappa shape index (κ3) is 2.49. The van der Waals surface area contributed by atoms with Gasteiger partial charge in [0.15, 0.2) is 0 Å². The van der Waals surface area contributed by atoms with Crippen molar-refractivity contribution in [3.8, 4) is 0 Å². The van der Waals surface area contributed by atoms with Crippen LogP contribution < -0.4 is 5.32 Å². The van der Waals surface area contributed by atoms with E-state index in [0.29, 0.717) is 6.17 Å². The van der Waals surface area contributed by atoms with Crippen molar-refractivity contribution in [3.63, 3.8) is 0 Å². The van der Waals surface area contributed by atoms with Crippen LogP contribution in [0.2, 0.25) is 0 Å². The summed E-state index contributed by atoms with van der Waals surface area (Å²) in [5.74, 6) is 0.854. The van der Waals surface area contributed by atoms with Crippen molar-refractivity contribution in [3.05, 3.63) is 34.3 Å². The van der Waals surface area contributed by atoms with E-state index in [-0.39, 0.29) is 0 Å². The first-order valence-electron chi connectivity index (χ1n) is 6.96. The zero-order valence-electron chi connectivity index (χ0n) is 10.9. The van der Waals surface area contributed by atoms with Crippen molar-refractivity contribution >= 4 is 15.9 Å². The number of benzene rings is 1. The lowest BCUT2D eigenvalue weighted by Gasteiger charge is -2.46. The largest absolute Gasteiger partial charge is 0.295 e. The van der Waals surface area contributed by atoms with Crippen LogP contribution in [0.4, 0.5) is 0 Å². The minimum atomic E-state index is 0.377. The van der Waals surface area contributed by atoms with E-state index >= 15 is 0 Å². The molecule has 3 heteroatoms. The van der Waals surface area contributed by atoms with Crippen LogP contribution in [0.1, 0.15) is 37.4 Å². The summed E-state index contributed by atoms with van der Waals surface area (Å²) in [6, 6.07) is 9.40. The Hall–Kier alpha value is -0.380. The van der Waals surface area contributed by atoms with E-state index in [2.05, 4.69) is 57.5 Å².